The molecule has 0 fully saturated rings. The van der Waals surface area contributed by atoms with Crippen LogP contribution in [0.3, 0.4) is 0 Å². The third-order valence-electron chi connectivity index (χ3n) is 5.01. The first-order valence-electron chi connectivity index (χ1n) is 10.2. The number of carbonyl (C=O) groups excluding carboxylic acids is 2. The molecule has 0 aliphatic heterocycles. The maximum absolute atomic E-state index is 12.9. The van der Waals surface area contributed by atoms with E-state index in [-0.39, 0.29) is 23.0 Å². The fraction of sp³-hybridized carbons (Fsp3) is 0.0769. The second kappa shape index (κ2) is 9.27. The van der Waals surface area contributed by atoms with Crippen LogP contribution in [0.15, 0.2) is 87.9 Å². The lowest BCUT2D eigenvalue weighted by Gasteiger charge is -2.07. The zero-order valence-electron chi connectivity index (χ0n) is 17.8. The van der Waals surface area contributed by atoms with E-state index in [9.17, 15) is 22.8 Å². The van der Waals surface area contributed by atoms with Gasteiger partial charge in [0.1, 0.15) is 17.3 Å². The molecule has 0 unspecified atom stereocenters. The lowest BCUT2D eigenvalue weighted by Crippen LogP contribution is -2.12. The smallest absolute Gasteiger partial charge is 0.416 e. The number of alkyl halides is 3. The Balaban J connectivity index is 1.46. The first kappa shape index (κ1) is 22.8. The first-order chi connectivity index (χ1) is 16.2. The lowest BCUT2D eigenvalue weighted by molar-refractivity contribution is -0.137. The molecular weight excluding hydrogens is 447 g/mol. The average Bonchev–Trinajstić information content (AvgIpc) is 3.46. The van der Waals surface area contributed by atoms with Crippen LogP contribution >= 0.6 is 0 Å². The fourth-order valence-corrected chi connectivity index (χ4v) is 3.27. The minimum absolute atomic E-state index is 0.248. The summed E-state index contributed by atoms with van der Waals surface area (Å²) >= 11 is 0. The highest BCUT2D eigenvalue weighted by Gasteiger charge is 2.30. The van der Waals surface area contributed by atoms with E-state index in [1.165, 1.54) is 42.7 Å². The summed E-state index contributed by atoms with van der Waals surface area (Å²) in [5, 5.41) is 2.72. The van der Waals surface area contributed by atoms with Gasteiger partial charge in [0.05, 0.1) is 17.4 Å². The van der Waals surface area contributed by atoms with E-state index in [1.54, 1.807) is 37.3 Å². The second-order valence-electron chi connectivity index (χ2n) is 7.40. The molecule has 1 amide bonds. The Labute approximate surface area is 192 Å². The van der Waals surface area contributed by atoms with Crippen LogP contribution in [0.25, 0.3) is 17.4 Å². The van der Waals surface area contributed by atoms with Crippen molar-refractivity contribution in [2.45, 2.75) is 13.1 Å². The van der Waals surface area contributed by atoms with E-state index < -0.39 is 11.7 Å². The van der Waals surface area contributed by atoms with Crippen LogP contribution in [0.5, 0.6) is 0 Å². The lowest BCUT2D eigenvalue weighted by atomic mass is 10.1. The van der Waals surface area contributed by atoms with Gasteiger partial charge in [-0.1, -0.05) is 24.3 Å². The molecule has 0 saturated heterocycles. The van der Waals surface area contributed by atoms with Crippen LogP contribution in [0.4, 0.5) is 18.9 Å². The van der Waals surface area contributed by atoms with Gasteiger partial charge >= 0.3 is 6.18 Å². The molecule has 172 valence electrons. The zero-order valence-corrected chi connectivity index (χ0v) is 17.8. The van der Waals surface area contributed by atoms with Crippen molar-refractivity contribution in [1.29, 1.82) is 0 Å². The number of aryl methyl sites for hydroxylation is 1. The standard InChI is InChI=1S/C26H18F3NO4/c1-16-22(12-13-33-16)25(32)30-20-7-3-4-17(15-20)23(31)10-8-21-9-11-24(34-21)18-5-2-6-19(14-18)26(27,28)29/h2-15H,1H3,(H,30,32)/b10-8+. The van der Waals surface area contributed by atoms with Crippen molar-refractivity contribution in [3.63, 3.8) is 0 Å². The molecule has 0 saturated carbocycles. The van der Waals surface area contributed by atoms with Crippen molar-refractivity contribution in [3.05, 3.63) is 107 Å². The minimum Gasteiger partial charge on any atom is -0.469 e. The van der Waals surface area contributed by atoms with Crippen LogP contribution in [0.2, 0.25) is 0 Å². The maximum atomic E-state index is 12.9. The van der Waals surface area contributed by atoms with Crippen molar-refractivity contribution in [2.75, 3.05) is 5.32 Å². The van der Waals surface area contributed by atoms with E-state index in [0.29, 0.717) is 28.3 Å². The van der Waals surface area contributed by atoms with Gasteiger partial charge in [0, 0.05) is 16.8 Å². The van der Waals surface area contributed by atoms with Crippen LogP contribution in [-0.4, -0.2) is 11.7 Å². The normalized spacial score (nSPS) is 11.6. The number of carbonyl (C=O) groups is 2. The molecule has 0 aliphatic carbocycles. The van der Waals surface area contributed by atoms with E-state index in [4.69, 9.17) is 8.83 Å². The molecule has 2 aromatic carbocycles. The van der Waals surface area contributed by atoms with Crippen molar-refractivity contribution < 1.29 is 31.6 Å². The molecule has 1 N–H and O–H groups in total. The average molecular weight is 465 g/mol. The van der Waals surface area contributed by atoms with Crippen LogP contribution in [0, 0.1) is 6.92 Å². The number of rotatable bonds is 6. The van der Waals surface area contributed by atoms with Gasteiger partial charge in [-0.2, -0.15) is 13.2 Å². The van der Waals surface area contributed by atoms with E-state index >= 15 is 0 Å². The minimum atomic E-state index is -4.46. The number of nitrogens with one attached hydrogen (secondary N) is 1. The van der Waals surface area contributed by atoms with Crippen molar-refractivity contribution in [3.8, 4) is 11.3 Å². The molecule has 0 aliphatic rings. The van der Waals surface area contributed by atoms with Gasteiger partial charge in [0.2, 0.25) is 0 Å². The summed E-state index contributed by atoms with van der Waals surface area (Å²) in [6.07, 6.45) is -0.319. The summed E-state index contributed by atoms with van der Waals surface area (Å²) in [7, 11) is 0. The number of ketones is 1. The highest BCUT2D eigenvalue weighted by Crippen LogP contribution is 2.32. The molecule has 4 aromatic rings. The summed E-state index contributed by atoms with van der Waals surface area (Å²) < 4.78 is 49.5. The van der Waals surface area contributed by atoms with Crippen LogP contribution < -0.4 is 5.32 Å². The number of benzene rings is 2. The Morgan fingerprint density at radius 2 is 1.76 bits per heavy atom. The summed E-state index contributed by atoms with van der Waals surface area (Å²) in [6, 6.07) is 15.9. The largest absolute Gasteiger partial charge is 0.469 e. The van der Waals surface area contributed by atoms with Crippen LogP contribution in [-0.2, 0) is 6.18 Å². The predicted molar refractivity (Wildman–Crippen MR) is 120 cm³/mol. The number of allylic oxidation sites excluding steroid dienone is 1. The van der Waals surface area contributed by atoms with Crippen molar-refractivity contribution >= 4 is 23.5 Å². The summed E-state index contributed by atoms with van der Waals surface area (Å²) in [4.78, 5) is 24.9. The number of amides is 1. The monoisotopic (exact) mass is 465 g/mol. The third kappa shape index (κ3) is 5.17. The Morgan fingerprint density at radius 3 is 2.50 bits per heavy atom. The summed E-state index contributed by atoms with van der Waals surface area (Å²) in [5.74, 6) is 0.338. The summed E-state index contributed by atoms with van der Waals surface area (Å²) in [6.45, 7) is 1.67. The van der Waals surface area contributed by atoms with E-state index in [1.807, 2.05) is 0 Å². The van der Waals surface area contributed by atoms with Gasteiger partial charge in [-0.25, -0.2) is 0 Å². The molecule has 0 radical (unpaired) electrons. The molecule has 34 heavy (non-hydrogen) atoms. The van der Waals surface area contributed by atoms with Crippen molar-refractivity contribution in [2.24, 2.45) is 0 Å². The number of hydrogen-bond acceptors (Lipinski definition) is 4. The van der Waals surface area contributed by atoms with Crippen molar-refractivity contribution in [1.82, 2.24) is 0 Å². The number of furan rings is 2. The summed E-state index contributed by atoms with van der Waals surface area (Å²) in [5.41, 5.74) is 0.670. The van der Waals surface area contributed by atoms with Gasteiger partial charge in [-0.15, -0.1) is 0 Å². The Hall–Kier alpha value is -4.33. The van der Waals surface area contributed by atoms with Gasteiger partial charge in [0.15, 0.2) is 5.78 Å². The molecule has 5 nitrogen and oxygen atoms in total. The molecule has 8 heteroatoms. The number of anilines is 1. The number of hydrogen-bond donors (Lipinski definition) is 1. The SMILES string of the molecule is Cc1occc1C(=O)Nc1cccc(C(=O)/C=C/c2ccc(-c3cccc(C(F)(F)F)c3)o2)c1. The van der Waals surface area contributed by atoms with Crippen LogP contribution in [0.1, 0.15) is 37.8 Å². The maximum Gasteiger partial charge on any atom is 0.416 e. The first-order valence-corrected chi connectivity index (χ1v) is 10.2. The third-order valence-corrected chi connectivity index (χ3v) is 5.01. The molecule has 2 aromatic heterocycles. The topological polar surface area (TPSA) is 72.5 Å². The van der Waals surface area contributed by atoms with E-state index in [0.717, 1.165) is 12.1 Å². The molecule has 4 rings (SSSR count). The Morgan fingerprint density at radius 1 is 0.971 bits per heavy atom. The Kier molecular flexibility index (Phi) is 6.23. The Bertz CT molecular complexity index is 1380. The number of halogens is 3. The van der Waals surface area contributed by atoms with E-state index in [2.05, 4.69) is 5.32 Å². The van der Waals surface area contributed by atoms with Gasteiger partial charge in [-0.05, 0) is 61.5 Å². The molecule has 0 atom stereocenters. The second-order valence-corrected chi connectivity index (χ2v) is 7.40. The molecule has 0 bridgehead atoms. The zero-order chi connectivity index (χ0) is 24.3. The van der Waals surface area contributed by atoms with Gasteiger partial charge in [0.25, 0.3) is 5.91 Å². The molecule has 0 spiro atoms. The fourth-order valence-electron chi connectivity index (χ4n) is 3.27. The van der Waals surface area contributed by atoms with Gasteiger partial charge in [-0.3, -0.25) is 9.59 Å². The quantitative estimate of drug-likeness (QED) is 0.245. The highest BCUT2D eigenvalue weighted by molar-refractivity contribution is 6.09. The molecular formula is C26H18F3NO4. The highest BCUT2D eigenvalue weighted by atomic mass is 19.4. The molecule has 2 heterocycles. The van der Waals surface area contributed by atoms with Gasteiger partial charge < -0.3 is 14.2 Å². The predicted octanol–water partition coefficient (Wildman–Crippen LogP) is 7.02.